The van der Waals surface area contributed by atoms with Gasteiger partial charge in [0.25, 0.3) is 0 Å². The van der Waals surface area contributed by atoms with Crippen LogP contribution in [0.15, 0.2) is 114 Å². The molecule has 2 N–H and O–H groups in total. The summed E-state index contributed by atoms with van der Waals surface area (Å²) in [5, 5.41) is 19.1. The van der Waals surface area contributed by atoms with Crippen molar-refractivity contribution < 1.29 is 70.7 Å². The van der Waals surface area contributed by atoms with Crippen LogP contribution in [0.2, 0.25) is 0 Å². The van der Waals surface area contributed by atoms with Crippen molar-refractivity contribution in [1.82, 2.24) is 0 Å². The summed E-state index contributed by atoms with van der Waals surface area (Å²) in [6.07, 6.45) is -5.24. The zero-order chi connectivity index (χ0) is 32.9. The third-order valence-corrected chi connectivity index (χ3v) is 7.42. The van der Waals surface area contributed by atoms with E-state index in [1.807, 2.05) is 0 Å². The molecule has 4 aromatic carbocycles. The van der Waals surface area contributed by atoms with Crippen molar-refractivity contribution in [3.05, 3.63) is 131 Å². The van der Waals surface area contributed by atoms with Crippen LogP contribution in [-0.4, -0.2) is 10.2 Å². The van der Waals surface area contributed by atoms with Crippen molar-refractivity contribution in [2.75, 3.05) is 0 Å². The van der Waals surface area contributed by atoms with Crippen LogP contribution in [-0.2, 0) is 34.1 Å². The van der Waals surface area contributed by atoms with Crippen LogP contribution in [0, 0.1) is 11.5 Å². The number of para-hydroxylation sites is 2. The number of hydrogen-bond acceptors (Lipinski definition) is 2. The van der Waals surface area contributed by atoms with Gasteiger partial charge in [-0.15, -0.1) is 6.92 Å². The molecular formula is C36H33ClF6O2Ti. The Morgan fingerprint density at radius 2 is 0.891 bits per heavy atom. The number of halogens is 7. The summed E-state index contributed by atoms with van der Waals surface area (Å²) in [5.74, 6) is 0.0968. The van der Waals surface area contributed by atoms with E-state index < -0.39 is 23.5 Å². The predicted octanol–water partition coefficient (Wildman–Crippen LogP) is 8.27. The maximum atomic E-state index is 12.4. The third kappa shape index (κ3) is 10.5. The van der Waals surface area contributed by atoms with Gasteiger partial charge in [0, 0.05) is 11.1 Å². The molecule has 242 valence electrons. The van der Waals surface area contributed by atoms with Gasteiger partial charge in [0.15, 0.2) is 0 Å². The Balaban J connectivity index is 0.000000349. The van der Waals surface area contributed by atoms with E-state index in [0.717, 1.165) is 24.3 Å². The summed E-state index contributed by atoms with van der Waals surface area (Å²) in [6, 6.07) is 22.4. The first-order valence-electron chi connectivity index (χ1n) is 13.6. The molecular weight excluding hydrogens is 662 g/mol. The van der Waals surface area contributed by atoms with Crippen LogP contribution >= 0.6 is 0 Å². The zero-order valence-electron chi connectivity index (χ0n) is 25.8. The molecule has 0 radical (unpaired) electrons. The number of phenolic OH excluding ortho intramolecular Hbond substituents is 2. The molecule has 0 saturated heterocycles. The number of benzene rings is 4. The van der Waals surface area contributed by atoms with Crippen molar-refractivity contribution >= 4 is 0 Å². The van der Waals surface area contributed by atoms with E-state index in [2.05, 4.69) is 40.7 Å². The van der Waals surface area contributed by atoms with Gasteiger partial charge in [0.05, 0.1) is 11.1 Å². The van der Waals surface area contributed by atoms with Gasteiger partial charge < -0.3 is 22.6 Å². The summed E-state index contributed by atoms with van der Waals surface area (Å²) in [6.45, 7) is 10.9. The Morgan fingerprint density at radius 3 is 1.11 bits per heavy atom. The number of alkyl halides is 6. The topological polar surface area (TPSA) is 40.5 Å². The maximum Gasteiger partial charge on any atom is 2.00 e. The van der Waals surface area contributed by atoms with Crippen LogP contribution < -0.4 is 12.4 Å². The predicted molar refractivity (Wildman–Crippen MR) is 162 cm³/mol. The Labute approximate surface area is 286 Å². The van der Waals surface area contributed by atoms with Crippen LogP contribution in [0.4, 0.5) is 26.3 Å². The molecule has 0 aromatic heterocycles. The summed E-state index contributed by atoms with van der Waals surface area (Å²) < 4.78 is 74.1. The van der Waals surface area contributed by atoms with Crippen LogP contribution in [0.3, 0.4) is 0 Å². The van der Waals surface area contributed by atoms with E-state index >= 15 is 0 Å². The second-order valence-corrected chi connectivity index (χ2v) is 10.8. The van der Waals surface area contributed by atoms with E-state index in [4.69, 9.17) is 0 Å². The maximum absolute atomic E-state index is 12.4. The van der Waals surface area contributed by atoms with Gasteiger partial charge in [-0.3, -0.25) is 6.08 Å². The molecule has 4 aromatic rings. The minimum atomic E-state index is -4.34. The molecule has 0 spiro atoms. The fourth-order valence-corrected chi connectivity index (χ4v) is 4.52. The molecule has 0 aliphatic heterocycles. The van der Waals surface area contributed by atoms with E-state index in [0.29, 0.717) is 22.3 Å². The minimum absolute atomic E-state index is 0. The molecule has 0 fully saturated rings. The number of allylic oxidation sites excluding steroid dienone is 4. The van der Waals surface area contributed by atoms with Crippen LogP contribution in [0.1, 0.15) is 45.7 Å². The Morgan fingerprint density at radius 1 is 0.565 bits per heavy atom. The van der Waals surface area contributed by atoms with E-state index in [9.17, 15) is 36.6 Å². The van der Waals surface area contributed by atoms with Gasteiger partial charge >= 0.3 is 34.1 Å². The molecule has 46 heavy (non-hydrogen) atoms. The largest absolute Gasteiger partial charge is 2.00 e. The van der Waals surface area contributed by atoms with E-state index in [-0.39, 0.29) is 51.0 Å². The second-order valence-electron chi connectivity index (χ2n) is 10.8. The van der Waals surface area contributed by atoms with Gasteiger partial charge in [-0.2, -0.15) is 37.5 Å². The molecule has 0 unspecified atom stereocenters. The molecule has 10 heteroatoms. The van der Waals surface area contributed by atoms with Crippen molar-refractivity contribution in [1.29, 1.82) is 0 Å². The second kappa shape index (κ2) is 16.4. The van der Waals surface area contributed by atoms with Crippen LogP contribution in [0.25, 0.3) is 22.3 Å². The normalized spacial score (nSPS) is 13.6. The SMILES string of the molecule is CC1=[C-]C(C)(C)C(C)=C1C.Oc1ccccc1-c1ccc(C(F)(F)F)cc1.Oc1ccccc1-c1ccc(C(F)(F)F)cc1.[Cl-].[Ti+2]. The average molecular weight is 695 g/mol. The smallest absolute Gasteiger partial charge is 1.00 e. The average Bonchev–Trinajstić information content (AvgIpc) is 3.14. The zero-order valence-corrected chi connectivity index (χ0v) is 28.1. The molecule has 0 heterocycles. The minimum Gasteiger partial charge on any atom is -1.00 e. The van der Waals surface area contributed by atoms with Gasteiger partial charge in [-0.05, 0) is 47.5 Å². The number of aromatic hydroxyl groups is 2. The molecule has 0 saturated carbocycles. The number of hydrogen-bond donors (Lipinski definition) is 2. The first-order chi connectivity index (χ1) is 20.4. The first-order valence-corrected chi connectivity index (χ1v) is 13.6. The monoisotopic (exact) mass is 694 g/mol. The Bertz CT molecular complexity index is 1540. The molecule has 1 aliphatic rings. The first kappa shape index (κ1) is 40.6. The van der Waals surface area contributed by atoms with Crippen molar-refractivity contribution in [3.63, 3.8) is 0 Å². The molecule has 0 amide bonds. The van der Waals surface area contributed by atoms with Gasteiger partial charge in [0.2, 0.25) is 0 Å². The number of phenols is 2. The summed E-state index contributed by atoms with van der Waals surface area (Å²) in [4.78, 5) is 0. The molecule has 1 aliphatic carbocycles. The van der Waals surface area contributed by atoms with E-state index in [1.54, 1.807) is 36.4 Å². The standard InChI is InChI=1S/2C13H9F3O.C10H15.ClH.Ti/c2*14-13(15,16)10-7-5-9(6-8-10)11-3-1-2-4-12(11)17;1-7-6-10(4,5)9(3)8(7)2;;/h2*1-8,17H;1-5H3;1H;/q;;-1;;+2/p-1. The third-order valence-electron chi connectivity index (χ3n) is 7.42. The fourth-order valence-electron chi connectivity index (χ4n) is 4.52. The molecule has 0 atom stereocenters. The molecule has 2 nitrogen and oxygen atoms in total. The van der Waals surface area contributed by atoms with Gasteiger partial charge in [-0.1, -0.05) is 93.8 Å². The van der Waals surface area contributed by atoms with Crippen molar-refractivity contribution in [3.8, 4) is 33.8 Å². The van der Waals surface area contributed by atoms with Crippen molar-refractivity contribution in [2.24, 2.45) is 5.41 Å². The van der Waals surface area contributed by atoms with E-state index in [1.165, 1.54) is 53.1 Å². The number of rotatable bonds is 2. The summed E-state index contributed by atoms with van der Waals surface area (Å²) in [7, 11) is 0. The van der Waals surface area contributed by atoms with Gasteiger partial charge in [-0.25, -0.2) is 5.57 Å². The summed E-state index contributed by atoms with van der Waals surface area (Å²) in [5.41, 5.74) is 5.13. The Kier molecular flexibility index (Phi) is 14.5. The fraction of sp³-hybridized carbons (Fsp3) is 0.222. The van der Waals surface area contributed by atoms with Gasteiger partial charge in [0.1, 0.15) is 11.5 Å². The van der Waals surface area contributed by atoms with Crippen molar-refractivity contribution in [2.45, 2.75) is 47.0 Å². The molecule has 5 rings (SSSR count). The Hall–Kier alpha value is -3.46. The quantitative estimate of drug-likeness (QED) is 0.126. The summed E-state index contributed by atoms with van der Waals surface area (Å²) >= 11 is 0. The molecule has 0 bridgehead atoms. The van der Waals surface area contributed by atoms with Crippen LogP contribution in [0.5, 0.6) is 11.5 Å².